The third-order valence-corrected chi connectivity index (χ3v) is 4.60. The predicted molar refractivity (Wildman–Crippen MR) is 88.9 cm³/mol. The SMILES string of the molecule is OCC1C=CC=CC1(F)c1nc(Br)nn1CCOC1CCCCO1. The lowest BCUT2D eigenvalue weighted by molar-refractivity contribution is -0.164. The largest absolute Gasteiger partial charge is 0.396 e. The van der Waals surface area contributed by atoms with Crippen molar-refractivity contribution in [2.24, 2.45) is 5.92 Å². The van der Waals surface area contributed by atoms with Crippen LogP contribution in [-0.2, 0) is 21.7 Å². The number of aromatic nitrogens is 3. The Morgan fingerprint density at radius 3 is 3.08 bits per heavy atom. The molecule has 3 atom stereocenters. The third kappa shape index (κ3) is 3.77. The molecular weight excluding hydrogens is 381 g/mol. The highest BCUT2D eigenvalue weighted by Gasteiger charge is 2.42. The van der Waals surface area contributed by atoms with Gasteiger partial charge in [-0.05, 0) is 41.3 Å². The number of rotatable bonds is 6. The molecule has 0 bridgehead atoms. The summed E-state index contributed by atoms with van der Waals surface area (Å²) in [7, 11) is 0. The number of allylic oxidation sites excluding steroid dienone is 3. The Bertz CT molecular complexity index is 616. The first kappa shape index (κ1) is 17.7. The van der Waals surface area contributed by atoms with Crippen LogP contribution < -0.4 is 0 Å². The minimum absolute atomic E-state index is 0.155. The van der Waals surface area contributed by atoms with Crippen LogP contribution in [-0.4, -0.2) is 46.0 Å². The van der Waals surface area contributed by atoms with E-state index in [-0.39, 0.29) is 18.7 Å². The summed E-state index contributed by atoms with van der Waals surface area (Å²) in [6.45, 7) is 1.12. The molecule has 0 radical (unpaired) electrons. The number of halogens is 2. The Labute approximate surface area is 148 Å². The standard InChI is InChI=1S/C16H21BrFN3O3/c17-15-19-14(16(18)7-3-1-5-12(16)11-22)21(20-15)8-10-24-13-6-2-4-9-23-13/h1,3,5,7,12-13,22H,2,4,6,8-11H2. The molecule has 0 spiro atoms. The quantitative estimate of drug-likeness (QED) is 0.792. The van der Waals surface area contributed by atoms with Gasteiger partial charge in [-0.2, -0.15) is 0 Å². The summed E-state index contributed by atoms with van der Waals surface area (Å²) in [5.74, 6) is -0.540. The molecule has 24 heavy (non-hydrogen) atoms. The van der Waals surface area contributed by atoms with Crippen molar-refractivity contribution in [2.45, 2.75) is 37.8 Å². The summed E-state index contributed by atoms with van der Waals surface area (Å²) in [5, 5.41) is 13.7. The van der Waals surface area contributed by atoms with Crippen molar-refractivity contribution < 1.29 is 19.0 Å². The Morgan fingerprint density at radius 2 is 2.33 bits per heavy atom. The van der Waals surface area contributed by atoms with Crippen LogP contribution in [0.2, 0.25) is 0 Å². The highest BCUT2D eigenvalue weighted by molar-refractivity contribution is 9.10. The fourth-order valence-electron chi connectivity index (χ4n) is 2.96. The van der Waals surface area contributed by atoms with Crippen molar-refractivity contribution in [3.8, 4) is 0 Å². The van der Waals surface area contributed by atoms with Crippen LogP contribution >= 0.6 is 15.9 Å². The Kier molecular flexibility index (Phi) is 5.80. The van der Waals surface area contributed by atoms with Gasteiger partial charge in [0.25, 0.3) is 0 Å². The second-order valence-electron chi connectivity index (χ2n) is 5.90. The molecule has 8 heteroatoms. The molecule has 132 valence electrons. The van der Waals surface area contributed by atoms with Crippen LogP contribution in [0.1, 0.15) is 25.1 Å². The molecular formula is C16H21BrFN3O3. The van der Waals surface area contributed by atoms with Crippen LogP contribution in [0.5, 0.6) is 0 Å². The molecule has 0 saturated carbocycles. The van der Waals surface area contributed by atoms with Crippen LogP contribution in [0.4, 0.5) is 4.39 Å². The van der Waals surface area contributed by atoms with E-state index < -0.39 is 11.6 Å². The van der Waals surface area contributed by atoms with Crippen LogP contribution in [0, 0.1) is 5.92 Å². The molecule has 1 aliphatic heterocycles. The lowest BCUT2D eigenvalue weighted by atomic mass is 9.85. The van der Waals surface area contributed by atoms with Gasteiger partial charge in [0.1, 0.15) is 0 Å². The monoisotopic (exact) mass is 401 g/mol. The molecule has 3 rings (SSSR count). The molecule has 2 aliphatic rings. The summed E-state index contributed by atoms with van der Waals surface area (Å²) in [5.41, 5.74) is -1.90. The maximum absolute atomic E-state index is 15.5. The van der Waals surface area contributed by atoms with Gasteiger partial charge in [-0.25, -0.2) is 14.1 Å². The molecule has 2 heterocycles. The molecule has 1 aromatic heterocycles. The topological polar surface area (TPSA) is 69.4 Å². The number of hydrogen-bond donors (Lipinski definition) is 1. The van der Waals surface area contributed by atoms with Crippen molar-refractivity contribution in [2.75, 3.05) is 19.8 Å². The average Bonchev–Trinajstić information content (AvgIpc) is 2.98. The summed E-state index contributed by atoms with van der Waals surface area (Å²) < 4.78 is 28.5. The van der Waals surface area contributed by atoms with E-state index in [4.69, 9.17) is 9.47 Å². The Hall–Kier alpha value is -1.09. The minimum Gasteiger partial charge on any atom is -0.396 e. The van der Waals surface area contributed by atoms with Gasteiger partial charge in [0.15, 0.2) is 17.8 Å². The first-order valence-electron chi connectivity index (χ1n) is 8.13. The highest BCUT2D eigenvalue weighted by Crippen LogP contribution is 2.38. The summed E-state index contributed by atoms with van der Waals surface area (Å²) >= 11 is 3.20. The number of aliphatic hydroxyl groups excluding tert-OH is 1. The van der Waals surface area contributed by atoms with Crippen LogP contribution in [0.3, 0.4) is 0 Å². The maximum atomic E-state index is 15.5. The zero-order chi connectivity index (χ0) is 17.0. The molecule has 1 aromatic rings. The summed E-state index contributed by atoms with van der Waals surface area (Å²) in [6, 6.07) is 0. The number of ether oxygens (including phenoxy) is 2. The fraction of sp³-hybridized carbons (Fsp3) is 0.625. The number of hydrogen-bond acceptors (Lipinski definition) is 5. The number of aliphatic hydroxyl groups is 1. The highest BCUT2D eigenvalue weighted by atomic mass is 79.9. The van der Waals surface area contributed by atoms with Gasteiger partial charge in [-0.3, -0.25) is 0 Å². The van der Waals surface area contributed by atoms with E-state index in [1.54, 1.807) is 18.2 Å². The molecule has 0 aromatic carbocycles. The third-order valence-electron chi connectivity index (χ3n) is 4.26. The second kappa shape index (κ2) is 7.86. The zero-order valence-corrected chi connectivity index (χ0v) is 14.9. The zero-order valence-electron chi connectivity index (χ0n) is 13.3. The van der Waals surface area contributed by atoms with Gasteiger partial charge >= 0.3 is 0 Å². The first-order chi connectivity index (χ1) is 11.6. The predicted octanol–water partition coefficient (Wildman–Crippen LogP) is 2.48. The van der Waals surface area contributed by atoms with E-state index in [0.29, 0.717) is 24.5 Å². The van der Waals surface area contributed by atoms with Crippen molar-refractivity contribution in [1.29, 1.82) is 0 Å². The summed E-state index contributed by atoms with van der Waals surface area (Å²) in [4.78, 5) is 4.18. The van der Waals surface area contributed by atoms with Gasteiger partial charge in [-0.1, -0.05) is 18.2 Å². The van der Waals surface area contributed by atoms with Crippen LogP contribution in [0.15, 0.2) is 29.0 Å². The molecule has 1 fully saturated rings. The second-order valence-corrected chi connectivity index (χ2v) is 6.60. The fourth-order valence-corrected chi connectivity index (χ4v) is 3.32. The van der Waals surface area contributed by atoms with Gasteiger partial charge < -0.3 is 14.6 Å². The molecule has 1 N–H and O–H groups in total. The average molecular weight is 402 g/mol. The van der Waals surface area contributed by atoms with Gasteiger partial charge in [0, 0.05) is 12.5 Å². The van der Waals surface area contributed by atoms with Gasteiger partial charge in [0.05, 0.1) is 19.8 Å². The van der Waals surface area contributed by atoms with Crippen molar-refractivity contribution in [3.63, 3.8) is 0 Å². The molecule has 0 amide bonds. The molecule has 1 saturated heterocycles. The molecule has 6 nitrogen and oxygen atoms in total. The van der Waals surface area contributed by atoms with E-state index in [9.17, 15) is 5.11 Å². The normalized spacial score (nSPS) is 30.0. The van der Waals surface area contributed by atoms with E-state index in [1.807, 2.05) is 0 Å². The number of nitrogens with zero attached hydrogens (tertiary/aromatic N) is 3. The first-order valence-corrected chi connectivity index (χ1v) is 8.92. The van der Waals surface area contributed by atoms with Crippen molar-refractivity contribution in [3.05, 3.63) is 34.9 Å². The van der Waals surface area contributed by atoms with Crippen molar-refractivity contribution >= 4 is 15.9 Å². The van der Waals surface area contributed by atoms with E-state index in [1.165, 1.54) is 10.8 Å². The number of alkyl halides is 1. The van der Waals surface area contributed by atoms with Crippen LogP contribution in [0.25, 0.3) is 0 Å². The molecule has 1 aliphatic carbocycles. The Morgan fingerprint density at radius 1 is 1.46 bits per heavy atom. The van der Waals surface area contributed by atoms with Crippen molar-refractivity contribution in [1.82, 2.24) is 14.8 Å². The van der Waals surface area contributed by atoms with E-state index in [0.717, 1.165) is 19.3 Å². The smallest absolute Gasteiger partial charge is 0.217 e. The maximum Gasteiger partial charge on any atom is 0.217 e. The van der Waals surface area contributed by atoms with E-state index >= 15 is 4.39 Å². The van der Waals surface area contributed by atoms with Gasteiger partial charge in [0.2, 0.25) is 4.73 Å². The Balaban J connectivity index is 1.70. The van der Waals surface area contributed by atoms with Gasteiger partial charge in [-0.15, -0.1) is 5.10 Å². The lowest BCUT2D eigenvalue weighted by Gasteiger charge is -2.29. The van der Waals surface area contributed by atoms with E-state index in [2.05, 4.69) is 26.0 Å². The molecule has 3 unspecified atom stereocenters. The summed E-state index contributed by atoms with van der Waals surface area (Å²) in [6.07, 6.45) is 9.21. The lowest BCUT2D eigenvalue weighted by Crippen LogP contribution is -2.35. The minimum atomic E-state index is -1.90.